The molecular weight excluding hydrogens is 304 g/mol. The maximum atomic E-state index is 12.0. The lowest BCUT2D eigenvalue weighted by Gasteiger charge is -2.07. The minimum atomic E-state index is -0.0399. The van der Waals surface area contributed by atoms with Crippen LogP contribution < -0.4 is 5.32 Å². The third kappa shape index (κ3) is 4.04. The third-order valence-corrected chi connectivity index (χ3v) is 3.70. The Bertz CT molecular complexity index is 815. The molecule has 2 heterocycles. The molecule has 0 radical (unpaired) electrons. The number of aryl methyl sites for hydroxylation is 2. The minimum Gasteiger partial charge on any atom is -0.421 e. The fourth-order valence-electron chi connectivity index (χ4n) is 2.28. The summed E-state index contributed by atoms with van der Waals surface area (Å²) in [5, 5.41) is 10.9. The van der Waals surface area contributed by atoms with Gasteiger partial charge in [0, 0.05) is 37.3 Å². The largest absolute Gasteiger partial charge is 0.421 e. The van der Waals surface area contributed by atoms with Gasteiger partial charge in [-0.25, -0.2) is 0 Å². The Kier molecular flexibility index (Phi) is 4.96. The molecule has 6 nitrogen and oxygen atoms in total. The molecule has 0 aliphatic rings. The molecule has 122 valence electrons. The van der Waals surface area contributed by atoms with E-state index >= 15 is 0 Å². The Morgan fingerprint density at radius 1 is 1.12 bits per heavy atom. The van der Waals surface area contributed by atoms with Gasteiger partial charge in [0.1, 0.15) is 0 Å². The Morgan fingerprint density at radius 3 is 2.71 bits per heavy atom. The zero-order chi connectivity index (χ0) is 16.8. The third-order valence-electron chi connectivity index (χ3n) is 3.70. The Labute approximate surface area is 140 Å². The van der Waals surface area contributed by atoms with Gasteiger partial charge in [0.2, 0.25) is 17.7 Å². The maximum absolute atomic E-state index is 12.0. The van der Waals surface area contributed by atoms with Gasteiger partial charge in [-0.05, 0) is 30.2 Å². The summed E-state index contributed by atoms with van der Waals surface area (Å²) in [7, 11) is 0. The van der Waals surface area contributed by atoms with E-state index in [1.807, 2.05) is 31.2 Å². The van der Waals surface area contributed by atoms with Crippen LogP contribution in [0.5, 0.6) is 0 Å². The SMILES string of the molecule is Cc1ccccc1CNC(=O)CCc1nnc(-c2ccncc2)o1. The standard InChI is InChI=1S/C18H18N4O2/c1-13-4-2-3-5-15(13)12-20-16(23)6-7-17-21-22-18(24-17)14-8-10-19-11-9-14/h2-5,8-11H,6-7,12H2,1H3,(H,20,23). The van der Waals surface area contributed by atoms with Crippen LogP contribution in [0.2, 0.25) is 0 Å². The van der Waals surface area contributed by atoms with Gasteiger partial charge in [-0.3, -0.25) is 9.78 Å². The highest BCUT2D eigenvalue weighted by Gasteiger charge is 2.10. The van der Waals surface area contributed by atoms with E-state index in [2.05, 4.69) is 20.5 Å². The van der Waals surface area contributed by atoms with E-state index in [4.69, 9.17) is 4.42 Å². The molecule has 0 aliphatic carbocycles. The number of pyridine rings is 1. The Hall–Kier alpha value is -3.02. The molecule has 0 bridgehead atoms. The molecule has 1 amide bonds. The number of hydrogen-bond donors (Lipinski definition) is 1. The topological polar surface area (TPSA) is 80.9 Å². The molecule has 2 aromatic heterocycles. The average Bonchev–Trinajstić information content (AvgIpc) is 3.09. The van der Waals surface area contributed by atoms with Crippen LogP contribution in [0.4, 0.5) is 0 Å². The lowest BCUT2D eigenvalue weighted by atomic mass is 10.1. The molecule has 3 rings (SSSR count). The van der Waals surface area contributed by atoms with Crippen LogP contribution in [-0.4, -0.2) is 21.1 Å². The first-order valence-corrected chi connectivity index (χ1v) is 7.76. The first-order chi connectivity index (χ1) is 11.7. The van der Waals surface area contributed by atoms with Crippen molar-refractivity contribution in [3.63, 3.8) is 0 Å². The molecule has 6 heteroatoms. The van der Waals surface area contributed by atoms with Gasteiger partial charge in [-0.1, -0.05) is 24.3 Å². The second-order valence-corrected chi connectivity index (χ2v) is 5.44. The van der Waals surface area contributed by atoms with E-state index in [1.165, 1.54) is 0 Å². The van der Waals surface area contributed by atoms with Gasteiger partial charge in [0.25, 0.3) is 0 Å². The molecule has 1 aromatic carbocycles. The van der Waals surface area contributed by atoms with Crippen LogP contribution in [0.1, 0.15) is 23.4 Å². The fraction of sp³-hybridized carbons (Fsp3) is 0.222. The van der Waals surface area contributed by atoms with Crippen LogP contribution in [0.3, 0.4) is 0 Å². The summed E-state index contributed by atoms with van der Waals surface area (Å²) in [5.41, 5.74) is 3.09. The maximum Gasteiger partial charge on any atom is 0.247 e. The number of rotatable bonds is 6. The fourth-order valence-corrected chi connectivity index (χ4v) is 2.28. The number of benzene rings is 1. The van der Waals surface area contributed by atoms with E-state index < -0.39 is 0 Å². The normalized spacial score (nSPS) is 10.5. The lowest BCUT2D eigenvalue weighted by molar-refractivity contribution is -0.121. The number of amides is 1. The van der Waals surface area contributed by atoms with Gasteiger partial charge in [0.15, 0.2) is 0 Å². The van der Waals surface area contributed by atoms with Crippen molar-refractivity contribution in [2.24, 2.45) is 0 Å². The summed E-state index contributed by atoms with van der Waals surface area (Å²) in [6, 6.07) is 11.6. The highest BCUT2D eigenvalue weighted by atomic mass is 16.4. The molecule has 24 heavy (non-hydrogen) atoms. The van der Waals surface area contributed by atoms with Crippen molar-refractivity contribution in [3.8, 4) is 11.5 Å². The lowest BCUT2D eigenvalue weighted by Crippen LogP contribution is -2.23. The summed E-state index contributed by atoms with van der Waals surface area (Å²) in [6.07, 6.45) is 4.05. The van der Waals surface area contributed by atoms with Crippen LogP contribution in [0.15, 0.2) is 53.2 Å². The van der Waals surface area contributed by atoms with Gasteiger partial charge < -0.3 is 9.73 Å². The van der Waals surface area contributed by atoms with Gasteiger partial charge in [-0.2, -0.15) is 0 Å². The predicted octanol–water partition coefficient (Wildman–Crippen LogP) is 2.69. The first kappa shape index (κ1) is 15.9. The number of carbonyl (C=O) groups is 1. The number of carbonyl (C=O) groups excluding carboxylic acids is 1. The van der Waals surface area contributed by atoms with Crippen LogP contribution in [-0.2, 0) is 17.8 Å². The summed E-state index contributed by atoms with van der Waals surface area (Å²) < 4.78 is 5.57. The number of hydrogen-bond acceptors (Lipinski definition) is 5. The highest BCUT2D eigenvalue weighted by Crippen LogP contribution is 2.16. The molecular formula is C18H18N4O2. The molecule has 3 aromatic rings. The van der Waals surface area contributed by atoms with Crippen molar-refractivity contribution in [3.05, 3.63) is 65.8 Å². The smallest absolute Gasteiger partial charge is 0.247 e. The number of nitrogens with one attached hydrogen (secondary N) is 1. The van der Waals surface area contributed by atoms with Gasteiger partial charge in [0.05, 0.1) is 0 Å². The molecule has 1 N–H and O–H groups in total. The molecule has 0 saturated heterocycles. The molecule has 0 atom stereocenters. The minimum absolute atomic E-state index is 0.0399. The summed E-state index contributed by atoms with van der Waals surface area (Å²) in [4.78, 5) is 15.9. The summed E-state index contributed by atoms with van der Waals surface area (Å²) in [6.45, 7) is 2.55. The van der Waals surface area contributed by atoms with Crippen LogP contribution >= 0.6 is 0 Å². The zero-order valence-corrected chi connectivity index (χ0v) is 13.4. The van der Waals surface area contributed by atoms with Crippen molar-refractivity contribution >= 4 is 5.91 Å². The van der Waals surface area contributed by atoms with E-state index in [-0.39, 0.29) is 5.91 Å². The molecule has 0 fully saturated rings. The van der Waals surface area contributed by atoms with Gasteiger partial charge >= 0.3 is 0 Å². The van der Waals surface area contributed by atoms with E-state index in [0.29, 0.717) is 31.2 Å². The molecule has 0 spiro atoms. The van der Waals surface area contributed by atoms with Crippen LogP contribution in [0.25, 0.3) is 11.5 Å². The summed E-state index contributed by atoms with van der Waals surface area (Å²) in [5.74, 6) is 0.850. The van der Waals surface area contributed by atoms with Crippen LogP contribution in [0, 0.1) is 6.92 Å². The van der Waals surface area contributed by atoms with Crippen molar-refractivity contribution < 1.29 is 9.21 Å². The van der Waals surface area contributed by atoms with Crippen molar-refractivity contribution in [2.45, 2.75) is 26.3 Å². The molecule has 0 aliphatic heterocycles. The van der Waals surface area contributed by atoms with Crippen molar-refractivity contribution in [1.29, 1.82) is 0 Å². The summed E-state index contributed by atoms with van der Waals surface area (Å²) >= 11 is 0. The quantitative estimate of drug-likeness (QED) is 0.754. The molecule has 0 unspecified atom stereocenters. The van der Waals surface area contributed by atoms with Gasteiger partial charge in [-0.15, -0.1) is 10.2 Å². The number of nitrogens with zero attached hydrogens (tertiary/aromatic N) is 3. The monoisotopic (exact) mass is 322 g/mol. The second kappa shape index (κ2) is 7.50. The Balaban J connectivity index is 1.50. The van der Waals surface area contributed by atoms with E-state index in [1.54, 1.807) is 24.5 Å². The Morgan fingerprint density at radius 2 is 1.92 bits per heavy atom. The molecule has 0 saturated carbocycles. The zero-order valence-electron chi connectivity index (χ0n) is 13.4. The average molecular weight is 322 g/mol. The highest BCUT2D eigenvalue weighted by molar-refractivity contribution is 5.76. The van der Waals surface area contributed by atoms with Crippen molar-refractivity contribution in [2.75, 3.05) is 0 Å². The van der Waals surface area contributed by atoms with E-state index in [9.17, 15) is 4.79 Å². The first-order valence-electron chi connectivity index (χ1n) is 7.76. The van der Waals surface area contributed by atoms with E-state index in [0.717, 1.165) is 16.7 Å². The van der Waals surface area contributed by atoms with Crippen molar-refractivity contribution in [1.82, 2.24) is 20.5 Å². The number of aromatic nitrogens is 3. The predicted molar refractivity (Wildman–Crippen MR) is 88.9 cm³/mol. The second-order valence-electron chi connectivity index (χ2n) is 5.44.